The van der Waals surface area contributed by atoms with Crippen molar-refractivity contribution in [2.45, 2.75) is 44.4 Å². The molecule has 0 bridgehead atoms. The Morgan fingerprint density at radius 2 is 1.45 bits per heavy atom. The van der Waals surface area contributed by atoms with Gasteiger partial charge in [0.15, 0.2) is 5.76 Å². The van der Waals surface area contributed by atoms with E-state index in [1.54, 1.807) is 47.4 Å². The maximum absolute atomic E-state index is 13.8. The average molecular weight is 477 g/mol. The molecule has 9 nitrogen and oxygen atoms in total. The summed E-state index contributed by atoms with van der Waals surface area (Å²) in [6, 6.07) is 3.25. The third kappa shape index (κ3) is 4.33. The van der Waals surface area contributed by atoms with Crippen molar-refractivity contribution in [1.29, 1.82) is 0 Å². The molecule has 0 atom stereocenters. The topological polar surface area (TPSA) is 96.1 Å². The van der Waals surface area contributed by atoms with Crippen LogP contribution >= 0.6 is 0 Å². The van der Waals surface area contributed by atoms with E-state index in [1.165, 1.54) is 10.6 Å². The van der Waals surface area contributed by atoms with Gasteiger partial charge >= 0.3 is 0 Å². The molecule has 2 aromatic heterocycles. The van der Waals surface area contributed by atoms with Crippen molar-refractivity contribution in [2.24, 2.45) is 7.05 Å². The Hall–Kier alpha value is -2.59. The van der Waals surface area contributed by atoms with Crippen molar-refractivity contribution in [2.75, 3.05) is 39.3 Å². The van der Waals surface area contributed by atoms with Crippen molar-refractivity contribution in [1.82, 2.24) is 18.7 Å². The summed E-state index contributed by atoms with van der Waals surface area (Å²) in [4.78, 5) is 29.6. The van der Waals surface area contributed by atoms with Gasteiger partial charge in [0, 0.05) is 57.7 Å². The van der Waals surface area contributed by atoms with Gasteiger partial charge in [-0.1, -0.05) is 12.8 Å². The molecular weight excluding hydrogens is 444 g/mol. The van der Waals surface area contributed by atoms with Crippen molar-refractivity contribution in [3.63, 3.8) is 0 Å². The van der Waals surface area contributed by atoms with Crippen LogP contribution in [0.4, 0.5) is 0 Å². The highest BCUT2D eigenvalue weighted by Gasteiger charge is 2.38. The summed E-state index contributed by atoms with van der Waals surface area (Å²) in [5.74, 6) is -0.213. The SMILES string of the molecule is Cc1c(C(=O)N2CCCCCC2)c(S(=O)(=O)N2CCN(C(=O)c3ccco3)CC2)c(C)n1C. The lowest BCUT2D eigenvalue weighted by Gasteiger charge is -2.33. The molecule has 0 saturated carbocycles. The Morgan fingerprint density at radius 1 is 0.848 bits per heavy atom. The van der Waals surface area contributed by atoms with Crippen LogP contribution < -0.4 is 0 Å². The number of carbonyl (C=O) groups is 2. The third-order valence-electron chi connectivity index (χ3n) is 6.89. The Labute approximate surface area is 195 Å². The number of amides is 2. The lowest BCUT2D eigenvalue weighted by molar-refractivity contribution is 0.0666. The third-order valence-corrected chi connectivity index (χ3v) is 8.95. The van der Waals surface area contributed by atoms with E-state index in [0.717, 1.165) is 25.7 Å². The molecule has 2 saturated heterocycles. The molecule has 2 aromatic rings. The van der Waals surface area contributed by atoms with Gasteiger partial charge in [0.05, 0.1) is 11.8 Å². The number of rotatable bonds is 4. The van der Waals surface area contributed by atoms with Crippen LogP contribution in [-0.4, -0.2) is 78.2 Å². The number of nitrogens with zero attached hydrogens (tertiary/aromatic N) is 4. The quantitative estimate of drug-likeness (QED) is 0.675. The number of likely N-dealkylation sites (tertiary alicyclic amines) is 1. The molecule has 10 heteroatoms. The largest absolute Gasteiger partial charge is 0.459 e. The first-order valence-electron chi connectivity index (χ1n) is 11.5. The molecule has 0 unspecified atom stereocenters. The lowest BCUT2D eigenvalue weighted by Crippen LogP contribution is -2.50. The predicted molar refractivity (Wildman–Crippen MR) is 123 cm³/mol. The van der Waals surface area contributed by atoms with Gasteiger partial charge in [-0.05, 0) is 38.8 Å². The Kier molecular flexibility index (Phi) is 6.67. The average Bonchev–Trinajstić information content (AvgIpc) is 3.32. The second-order valence-electron chi connectivity index (χ2n) is 8.81. The van der Waals surface area contributed by atoms with Crippen LogP contribution in [0.3, 0.4) is 0 Å². The molecule has 2 aliphatic rings. The first kappa shape index (κ1) is 23.6. The molecule has 180 valence electrons. The monoisotopic (exact) mass is 476 g/mol. The standard InChI is InChI=1S/C23H32N4O5S/c1-17-20(23(29)25-10-6-4-5-7-11-25)21(18(2)24(17)3)33(30,31)27-14-12-26(13-15-27)22(28)19-9-8-16-32-19/h8-9,16H,4-7,10-15H2,1-3H3. The Balaban J connectivity index is 1.60. The zero-order chi connectivity index (χ0) is 23.8. The number of furan rings is 1. The van der Waals surface area contributed by atoms with Gasteiger partial charge in [-0.25, -0.2) is 8.42 Å². The van der Waals surface area contributed by atoms with Crippen LogP contribution in [0, 0.1) is 13.8 Å². The number of hydrogen-bond donors (Lipinski definition) is 0. The Morgan fingerprint density at radius 3 is 2.03 bits per heavy atom. The first-order valence-corrected chi connectivity index (χ1v) is 13.0. The maximum atomic E-state index is 13.8. The highest BCUT2D eigenvalue weighted by atomic mass is 32.2. The molecule has 2 aliphatic heterocycles. The number of hydrogen-bond acceptors (Lipinski definition) is 5. The normalized spacial score (nSPS) is 18.4. The molecule has 0 N–H and O–H groups in total. The van der Waals surface area contributed by atoms with Crippen molar-refractivity contribution < 1.29 is 22.4 Å². The van der Waals surface area contributed by atoms with Crippen LogP contribution in [0.2, 0.25) is 0 Å². The fourth-order valence-electron chi connectivity index (χ4n) is 4.73. The molecule has 0 spiro atoms. The minimum atomic E-state index is -3.92. The molecule has 33 heavy (non-hydrogen) atoms. The highest BCUT2D eigenvalue weighted by Crippen LogP contribution is 2.31. The van der Waals surface area contributed by atoms with Crippen molar-refractivity contribution >= 4 is 21.8 Å². The summed E-state index contributed by atoms with van der Waals surface area (Å²) < 4.78 is 35.9. The summed E-state index contributed by atoms with van der Waals surface area (Å²) >= 11 is 0. The smallest absolute Gasteiger partial charge is 0.289 e. The molecule has 4 rings (SSSR count). The highest BCUT2D eigenvalue weighted by molar-refractivity contribution is 7.89. The van der Waals surface area contributed by atoms with Gasteiger partial charge < -0.3 is 18.8 Å². The van der Waals surface area contributed by atoms with E-state index >= 15 is 0 Å². The van der Waals surface area contributed by atoms with Gasteiger partial charge in [0.2, 0.25) is 10.0 Å². The summed E-state index contributed by atoms with van der Waals surface area (Å²) in [5, 5.41) is 0. The summed E-state index contributed by atoms with van der Waals surface area (Å²) in [5.41, 5.74) is 1.50. The van der Waals surface area contributed by atoms with Gasteiger partial charge in [-0.3, -0.25) is 9.59 Å². The summed E-state index contributed by atoms with van der Waals surface area (Å²) in [7, 11) is -2.12. The molecule has 0 aromatic carbocycles. The number of carbonyl (C=O) groups excluding carboxylic acids is 2. The van der Waals surface area contributed by atoms with E-state index in [0.29, 0.717) is 24.5 Å². The minimum Gasteiger partial charge on any atom is -0.459 e. The van der Waals surface area contributed by atoms with Crippen LogP contribution in [0.25, 0.3) is 0 Å². The zero-order valence-corrected chi connectivity index (χ0v) is 20.4. The molecular formula is C23H32N4O5S. The van der Waals surface area contributed by atoms with E-state index < -0.39 is 10.0 Å². The number of piperazine rings is 1. The Bertz CT molecular complexity index is 1120. The molecule has 2 amide bonds. The molecule has 0 aliphatic carbocycles. The predicted octanol–water partition coefficient (Wildman–Crippen LogP) is 2.40. The van der Waals surface area contributed by atoms with Crippen LogP contribution in [0.15, 0.2) is 27.7 Å². The fourth-order valence-corrected chi connectivity index (χ4v) is 6.64. The lowest BCUT2D eigenvalue weighted by atomic mass is 10.2. The van der Waals surface area contributed by atoms with E-state index in [4.69, 9.17) is 4.42 Å². The van der Waals surface area contributed by atoms with Gasteiger partial charge in [-0.2, -0.15) is 4.31 Å². The summed E-state index contributed by atoms with van der Waals surface area (Å²) in [6.45, 7) is 5.71. The van der Waals surface area contributed by atoms with E-state index in [2.05, 4.69) is 0 Å². The van der Waals surface area contributed by atoms with E-state index in [-0.39, 0.29) is 54.2 Å². The van der Waals surface area contributed by atoms with Crippen molar-refractivity contribution in [3.05, 3.63) is 41.1 Å². The van der Waals surface area contributed by atoms with Gasteiger partial charge in [-0.15, -0.1) is 0 Å². The minimum absolute atomic E-state index is 0.0996. The fraction of sp³-hybridized carbons (Fsp3) is 0.565. The second kappa shape index (κ2) is 9.34. The molecule has 0 radical (unpaired) electrons. The number of aromatic nitrogens is 1. The van der Waals surface area contributed by atoms with Crippen LogP contribution in [0.5, 0.6) is 0 Å². The second-order valence-corrected chi connectivity index (χ2v) is 10.7. The maximum Gasteiger partial charge on any atom is 0.289 e. The van der Waals surface area contributed by atoms with Crippen LogP contribution in [-0.2, 0) is 17.1 Å². The van der Waals surface area contributed by atoms with Crippen molar-refractivity contribution in [3.8, 4) is 0 Å². The first-order chi connectivity index (χ1) is 15.7. The van der Waals surface area contributed by atoms with Gasteiger partial charge in [0.1, 0.15) is 4.90 Å². The number of sulfonamides is 1. The molecule has 2 fully saturated rings. The van der Waals surface area contributed by atoms with E-state index in [1.807, 2.05) is 0 Å². The van der Waals surface area contributed by atoms with E-state index in [9.17, 15) is 18.0 Å². The zero-order valence-electron chi connectivity index (χ0n) is 19.5. The summed E-state index contributed by atoms with van der Waals surface area (Å²) in [6.07, 6.45) is 5.48. The van der Waals surface area contributed by atoms with Crippen LogP contribution in [0.1, 0.15) is 58.0 Å². The van der Waals surface area contributed by atoms with Gasteiger partial charge in [0.25, 0.3) is 11.8 Å². The molecule has 4 heterocycles.